The van der Waals surface area contributed by atoms with Crippen LogP contribution in [0, 0.1) is 0 Å². The Balaban J connectivity index is 1.80. The summed E-state index contributed by atoms with van der Waals surface area (Å²) in [6.45, 7) is 4.02. The molecule has 0 N–H and O–H groups in total. The van der Waals surface area contributed by atoms with Gasteiger partial charge in [-0.3, -0.25) is 0 Å². The SMILES string of the molecule is C=c1ccc(=C(/C=C/C=C(\c2ccccc2)c2ccc(N(C)C)cc2)c2ccccc2)cc1. The fourth-order valence-electron chi connectivity index (χ4n) is 3.82. The molecule has 0 fully saturated rings. The Morgan fingerprint density at radius 3 is 1.76 bits per heavy atom. The van der Waals surface area contributed by atoms with Crippen molar-refractivity contribution in [3.8, 4) is 0 Å². The summed E-state index contributed by atoms with van der Waals surface area (Å²) in [7, 11) is 4.13. The second kappa shape index (κ2) is 10.5. The first-order valence-corrected chi connectivity index (χ1v) is 11.2. The minimum atomic E-state index is 1.02. The number of rotatable bonds is 6. The van der Waals surface area contributed by atoms with Crippen LogP contribution in [0.5, 0.6) is 0 Å². The minimum absolute atomic E-state index is 1.02. The number of benzene rings is 4. The van der Waals surface area contributed by atoms with Crippen molar-refractivity contribution in [3.63, 3.8) is 0 Å². The summed E-state index contributed by atoms with van der Waals surface area (Å²) < 4.78 is 0. The Bertz CT molecular complexity index is 1340. The lowest BCUT2D eigenvalue weighted by Gasteiger charge is -2.14. The number of allylic oxidation sites excluding steroid dienone is 3. The van der Waals surface area contributed by atoms with Crippen molar-refractivity contribution < 1.29 is 0 Å². The van der Waals surface area contributed by atoms with E-state index < -0.39 is 0 Å². The molecule has 0 heterocycles. The molecule has 4 rings (SSSR count). The van der Waals surface area contributed by atoms with E-state index in [0.29, 0.717) is 0 Å². The third-order valence-corrected chi connectivity index (χ3v) is 5.66. The highest BCUT2D eigenvalue weighted by molar-refractivity contribution is 5.82. The Morgan fingerprint density at radius 1 is 0.636 bits per heavy atom. The molecular formula is C32H29N. The summed E-state index contributed by atoms with van der Waals surface area (Å²) in [5, 5.41) is 2.19. The lowest BCUT2D eigenvalue weighted by molar-refractivity contribution is 1.13. The van der Waals surface area contributed by atoms with Crippen molar-refractivity contribution >= 4 is 23.4 Å². The van der Waals surface area contributed by atoms with Crippen LogP contribution in [0.4, 0.5) is 5.69 Å². The fourth-order valence-corrected chi connectivity index (χ4v) is 3.82. The normalized spacial score (nSPS) is 11.5. The summed E-state index contributed by atoms with van der Waals surface area (Å²) in [6.07, 6.45) is 6.56. The summed E-state index contributed by atoms with van der Waals surface area (Å²) in [6, 6.07) is 38.2. The molecule has 0 aromatic heterocycles. The Labute approximate surface area is 197 Å². The van der Waals surface area contributed by atoms with Gasteiger partial charge in [0.2, 0.25) is 0 Å². The highest BCUT2D eigenvalue weighted by atomic mass is 15.1. The zero-order chi connectivity index (χ0) is 23.0. The third kappa shape index (κ3) is 5.58. The molecule has 4 aromatic carbocycles. The lowest BCUT2D eigenvalue weighted by Crippen LogP contribution is -2.09. The van der Waals surface area contributed by atoms with Gasteiger partial charge in [0.25, 0.3) is 0 Å². The maximum absolute atomic E-state index is 4.02. The first-order valence-electron chi connectivity index (χ1n) is 11.2. The second-order valence-electron chi connectivity index (χ2n) is 8.22. The van der Waals surface area contributed by atoms with Crippen LogP contribution < -0.4 is 15.3 Å². The lowest BCUT2D eigenvalue weighted by atomic mass is 9.96. The van der Waals surface area contributed by atoms with Crippen molar-refractivity contribution in [2.75, 3.05) is 19.0 Å². The van der Waals surface area contributed by atoms with Gasteiger partial charge in [-0.05, 0) is 50.4 Å². The summed E-state index contributed by atoms with van der Waals surface area (Å²) in [5.74, 6) is 0. The molecule has 0 radical (unpaired) electrons. The molecule has 0 aliphatic rings. The van der Waals surface area contributed by atoms with Gasteiger partial charge in [0, 0.05) is 19.8 Å². The molecule has 0 unspecified atom stereocenters. The molecular weight excluding hydrogens is 398 g/mol. The summed E-state index contributed by atoms with van der Waals surface area (Å²) >= 11 is 0. The first kappa shape index (κ1) is 22.1. The Morgan fingerprint density at radius 2 is 1.18 bits per heavy atom. The van der Waals surface area contributed by atoms with Crippen molar-refractivity contribution in [1.82, 2.24) is 0 Å². The van der Waals surface area contributed by atoms with Gasteiger partial charge in [-0.15, -0.1) is 0 Å². The van der Waals surface area contributed by atoms with Gasteiger partial charge in [-0.25, -0.2) is 0 Å². The minimum Gasteiger partial charge on any atom is -0.378 e. The molecule has 0 bridgehead atoms. The molecule has 0 aliphatic heterocycles. The highest BCUT2D eigenvalue weighted by Crippen LogP contribution is 2.26. The smallest absolute Gasteiger partial charge is 0.0361 e. The Hall–Kier alpha value is -4.10. The molecule has 1 nitrogen and oxygen atoms in total. The van der Waals surface area contributed by atoms with E-state index in [9.17, 15) is 0 Å². The van der Waals surface area contributed by atoms with Crippen LogP contribution in [0.1, 0.15) is 16.7 Å². The standard InChI is InChI=1S/C32H29N/c1-25-17-19-28(20-18-25)31(26-11-6-4-7-12-26)15-10-16-32(27-13-8-5-9-14-27)29-21-23-30(24-22-29)33(2)3/h4-24H,1H2,2-3H3/b15-10+,32-16+. The molecule has 0 amide bonds. The van der Waals surface area contributed by atoms with E-state index in [1.807, 2.05) is 0 Å². The van der Waals surface area contributed by atoms with Gasteiger partial charge in [0.05, 0.1) is 0 Å². The number of nitrogens with zero attached hydrogens (tertiary/aromatic N) is 1. The largest absolute Gasteiger partial charge is 0.378 e. The highest BCUT2D eigenvalue weighted by Gasteiger charge is 2.05. The van der Waals surface area contributed by atoms with Gasteiger partial charge in [0.1, 0.15) is 0 Å². The van der Waals surface area contributed by atoms with Crippen molar-refractivity contribution in [2.24, 2.45) is 0 Å². The average molecular weight is 428 g/mol. The molecule has 0 saturated heterocycles. The summed E-state index contributed by atoms with van der Waals surface area (Å²) in [4.78, 5) is 2.12. The second-order valence-corrected chi connectivity index (χ2v) is 8.22. The zero-order valence-corrected chi connectivity index (χ0v) is 19.3. The molecule has 0 aliphatic carbocycles. The predicted molar refractivity (Wildman–Crippen MR) is 144 cm³/mol. The molecule has 162 valence electrons. The number of hydrogen-bond donors (Lipinski definition) is 0. The van der Waals surface area contributed by atoms with Gasteiger partial charge in [-0.2, -0.15) is 0 Å². The number of anilines is 1. The van der Waals surface area contributed by atoms with E-state index in [1.165, 1.54) is 38.7 Å². The molecule has 0 saturated carbocycles. The van der Waals surface area contributed by atoms with Gasteiger partial charge in [-0.1, -0.05) is 122 Å². The molecule has 4 aromatic rings. The van der Waals surface area contributed by atoms with E-state index in [1.54, 1.807) is 0 Å². The maximum Gasteiger partial charge on any atom is 0.0361 e. The van der Waals surface area contributed by atoms with E-state index in [4.69, 9.17) is 0 Å². The Kier molecular flexibility index (Phi) is 7.02. The van der Waals surface area contributed by atoms with Crippen LogP contribution in [0.15, 0.2) is 127 Å². The van der Waals surface area contributed by atoms with Crippen LogP contribution in [0.2, 0.25) is 0 Å². The van der Waals surface area contributed by atoms with Crippen LogP contribution in [-0.4, -0.2) is 14.1 Å². The van der Waals surface area contributed by atoms with E-state index in [2.05, 4.69) is 153 Å². The van der Waals surface area contributed by atoms with Crippen molar-refractivity contribution in [2.45, 2.75) is 0 Å². The van der Waals surface area contributed by atoms with Gasteiger partial charge < -0.3 is 4.90 Å². The third-order valence-electron chi connectivity index (χ3n) is 5.66. The average Bonchev–Trinajstić information content (AvgIpc) is 2.86. The van der Waals surface area contributed by atoms with Crippen LogP contribution in [0.3, 0.4) is 0 Å². The van der Waals surface area contributed by atoms with Gasteiger partial charge in [0.15, 0.2) is 0 Å². The van der Waals surface area contributed by atoms with Crippen LogP contribution in [-0.2, 0) is 0 Å². The molecule has 0 spiro atoms. The van der Waals surface area contributed by atoms with E-state index in [0.717, 1.165) is 5.22 Å². The van der Waals surface area contributed by atoms with E-state index >= 15 is 0 Å². The topological polar surface area (TPSA) is 3.24 Å². The van der Waals surface area contributed by atoms with E-state index in [-0.39, 0.29) is 0 Å². The van der Waals surface area contributed by atoms with Crippen LogP contribution in [0.25, 0.3) is 17.7 Å². The molecule has 33 heavy (non-hydrogen) atoms. The van der Waals surface area contributed by atoms with Crippen LogP contribution >= 0.6 is 0 Å². The number of hydrogen-bond acceptors (Lipinski definition) is 1. The van der Waals surface area contributed by atoms with Crippen molar-refractivity contribution in [1.29, 1.82) is 0 Å². The fraction of sp³-hybridized carbons (Fsp3) is 0.0625. The maximum atomic E-state index is 4.02. The van der Waals surface area contributed by atoms with Crippen molar-refractivity contribution in [3.05, 3.63) is 155 Å². The first-order chi connectivity index (χ1) is 16.1. The predicted octanol–water partition coefficient (Wildman–Crippen LogP) is 6.05. The van der Waals surface area contributed by atoms with Gasteiger partial charge >= 0.3 is 0 Å². The molecule has 0 atom stereocenters. The quantitative estimate of drug-likeness (QED) is 0.339. The zero-order valence-electron chi connectivity index (χ0n) is 19.3. The summed E-state index contributed by atoms with van der Waals surface area (Å²) in [5.41, 5.74) is 7.15. The monoisotopic (exact) mass is 427 g/mol. The molecule has 1 heteroatoms.